The summed E-state index contributed by atoms with van der Waals surface area (Å²) in [6.07, 6.45) is 4.04. The third-order valence-electron chi connectivity index (χ3n) is 3.66. The minimum atomic E-state index is 0.888. The first kappa shape index (κ1) is 12.0. The predicted molar refractivity (Wildman–Crippen MR) is 82.7 cm³/mol. The summed E-state index contributed by atoms with van der Waals surface area (Å²) in [6, 6.07) is 12.4. The third kappa shape index (κ3) is 2.05. The molecule has 0 fully saturated rings. The maximum Gasteiger partial charge on any atom is 0.194 e. The third-order valence-corrected chi connectivity index (χ3v) is 3.66. The fourth-order valence-corrected chi connectivity index (χ4v) is 2.57. The second-order valence-electron chi connectivity index (χ2n) is 5.35. The molecular weight excluding hydrogens is 260 g/mol. The summed E-state index contributed by atoms with van der Waals surface area (Å²) in [4.78, 5) is 12.6. The lowest BCUT2D eigenvalue weighted by atomic mass is 10.1. The van der Waals surface area contributed by atoms with E-state index in [1.54, 1.807) is 0 Å². The number of aromatic amines is 1. The predicted octanol–water partition coefficient (Wildman–Crippen LogP) is 2.91. The van der Waals surface area contributed by atoms with Crippen molar-refractivity contribution in [2.45, 2.75) is 6.92 Å². The van der Waals surface area contributed by atoms with Gasteiger partial charge in [-0.1, -0.05) is 6.07 Å². The van der Waals surface area contributed by atoms with Gasteiger partial charge < -0.3 is 4.98 Å². The number of aromatic nitrogens is 4. The molecule has 0 amide bonds. The van der Waals surface area contributed by atoms with Crippen molar-refractivity contribution in [3.8, 4) is 11.4 Å². The average Bonchev–Trinajstić information content (AvgIpc) is 2.89. The molecule has 0 spiro atoms. The first-order valence-corrected chi connectivity index (χ1v) is 6.92. The van der Waals surface area contributed by atoms with Crippen LogP contribution in [0.5, 0.6) is 0 Å². The van der Waals surface area contributed by atoms with Crippen LogP contribution in [0.2, 0.25) is 0 Å². The van der Waals surface area contributed by atoms with E-state index in [2.05, 4.69) is 33.2 Å². The number of hydrogen-bond acceptors (Lipinski definition) is 2. The second kappa shape index (κ2) is 4.38. The van der Waals surface area contributed by atoms with Gasteiger partial charge in [0.1, 0.15) is 23.9 Å². The Balaban J connectivity index is 1.89. The van der Waals surface area contributed by atoms with Crippen LogP contribution in [-0.4, -0.2) is 15.0 Å². The van der Waals surface area contributed by atoms with E-state index in [-0.39, 0.29) is 0 Å². The zero-order chi connectivity index (χ0) is 14.4. The normalized spacial score (nSPS) is 11.3. The number of fused-ring (bicyclic) bond motifs is 2. The summed E-state index contributed by atoms with van der Waals surface area (Å²) < 4.78 is 2.01. The van der Waals surface area contributed by atoms with E-state index in [9.17, 15) is 0 Å². The van der Waals surface area contributed by atoms with Crippen molar-refractivity contribution in [1.82, 2.24) is 15.0 Å². The molecule has 0 saturated carbocycles. The number of aryl methyl sites for hydroxylation is 2. The molecule has 0 saturated heterocycles. The van der Waals surface area contributed by atoms with Crippen molar-refractivity contribution < 1.29 is 4.57 Å². The molecule has 4 heteroatoms. The second-order valence-corrected chi connectivity index (χ2v) is 5.35. The van der Waals surface area contributed by atoms with Gasteiger partial charge in [-0.15, -0.1) is 0 Å². The van der Waals surface area contributed by atoms with Gasteiger partial charge in [0.2, 0.25) is 0 Å². The van der Waals surface area contributed by atoms with E-state index in [1.165, 1.54) is 0 Å². The molecule has 1 N–H and O–H groups in total. The van der Waals surface area contributed by atoms with Crippen LogP contribution >= 0.6 is 0 Å². The Labute approximate surface area is 122 Å². The lowest BCUT2D eigenvalue weighted by Gasteiger charge is -2.01. The quantitative estimate of drug-likeness (QED) is 0.543. The van der Waals surface area contributed by atoms with Crippen molar-refractivity contribution in [3.05, 3.63) is 54.5 Å². The maximum atomic E-state index is 4.66. The molecule has 0 aliphatic heterocycles. The highest BCUT2D eigenvalue weighted by Gasteiger charge is 2.08. The Kier molecular flexibility index (Phi) is 2.51. The van der Waals surface area contributed by atoms with Crippen LogP contribution < -0.4 is 4.57 Å². The van der Waals surface area contributed by atoms with Gasteiger partial charge in [-0.25, -0.2) is 9.55 Å². The van der Waals surface area contributed by atoms with E-state index in [4.69, 9.17) is 0 Å². The van der Waals surface area contributed by atoms with Gasteiger partial charge in [-0.05, 0) is 31.2 Å². The van der Waals surface area contributed by atoms with E-state index in [0.717, 1.165) is 39.0 Å². The molecule has 0 bridgehead atoms. The molecule has 0 aliphatic rings. The lowest BCUT2D eigenvalue weighted by molar-refractivity contribution is -0.670. The number of nitrogens with zero attached hydrogens (tertiary/aromatic N) is 3. The summed E-state index contributed by atoms with van der Waals surface area (Å²) >= 11 is 0. The molecule has 3 aromatic heterocycles. The molecule has 3 heterocycles. The molecule has 0 atom stereocenters. The molecule has 21 heavy (non-hydrogen) atoms. The van der Waals surface area contributed by atoms with Gasteiger partial charge in [0.15, 0.2) is 12.4 Å². The highest BCUT2D eigenvalue weighted by Crippen LogP contribution is 2.23. The molecular formula is C17H15N4+. The van der Waals surface area contributed by atoms with Gasteiger partial charge in [0, 0.05) is 22.7 Å². The van der Waals surface area contributed by atoms with Gasteiger partial charge in [0.05, 0.1) is 5.52 Å². The zero-order valence-electron chi connectivity index (χ0n) is 12.0. The van der Waals surface area contributed by atoms with Crippen molar-refractivity contribution >= 4 is 21.9 Å². The number of benzene rings is 1. The fraction of sp³-hybridized carbons (Fsp3) is 0.118. The molecule has 4 aromatic rings. The summed E-state index contributed by atoms with van der Waals surface area (Å²) in [5, 5.41) is 1.13. The molecule has 0 unspecified atom stereocenters. The summed E-state index contributed by atoms with van der Waals surface area (Å²) in [6.45, 7) is 2.01. The smallest absolute Gasteiger partial charge is 0.194 e. The number of H-pyrrole nitrogens is 1. The van der Waals surface area contributed by atoms with Crippen LogP contribution in [0.25, 0.3) is 33.3 Å². The molecule has 4 nitrogen and oxygen atoms in total. The monoisotopic (exact) mass is 275 g/mol. The average molecular weight is 275 g/mol. The van der Waals surface area contributed by atoms with Gasteiger partial charge in [-0.3, -0.25) is 4.98 Å². The summed E-state index contributed by atoms with van der Waals surface area (Å²) in [5.41, 5.74) is 5.14. The van der Waals surface area contributed by atoms with Crippen LogP contribution in [0, 0.1) is 6.92 Å². The Bertz CT molecular complexity index is 969. The number of imidazole rings is 1. The number of hydrogen-bond donors (Lipinski definition) is 1. The Morgan fingerprint density at radius 3 is 2.81 bits per heavy atom. The zero-order valence-corrected chi connectivity index (χ0v) is 12.0. The Morgan fingerprint density at radius 2 is 1.90 bits per heavy atom. The summed E-state index contributed by atoms with van der Waals surface area (Å²) in [7, 11) is 2.00. The van der Waals surface area contributed by atoms with Crippen molar-refractivity contribution in [3.63, 3.8) is 0 Å². The topological polar surface area (TPSA) is 45.5 Å². The SMILES string of the molecule is Cc1ccc2cc(-c3nc4cc[n+](C)cc4[nH]3)ccc2n1. The van der Waals surface area contributed by atoms with Gasteiger partial charge in [-0.2, -0.15) is 0 Å². The fourth-order valence-electron chi connectivity index (χ4n) is 2.57. The van der Waals surface area contributed by atoms with Crippen molar-refractivity contribution in [1.29, 1.82) is 0 Å². The highest BCUT2D eigenvalue weighted by atomic mass is 15.0. The van der Waals surface area contributed by atoms with Crippen molar-refractivity contribution in [2.24, 2.45) is 7.05 Å². The largest absolute Gasteiger partial charge is 0.333 e. The first-order valence-electron chi connectivity index (χ1n) is 6.92. The molecule has 0 radical (unpaired) electrons. The molecule has 102 valence electrons. The van der Waals surface area contributed by atoms with Crippen LogP contribution in [0.4, 0.5) is 0 Å². The van der Waals surface area contributed by atoms with Gasteiger partial charge in [0.25, 0.3) is 0 Å². The number of pyridine rings is 2. The van der Waals surface area contributed by atoms with Crippen LogP contribution in [-0.2, 0) is 7.05 Å². The summed E-state index contributed by atoms with van der Waals surface area (Å²) in [5.74, 6) is 0.888. The van der Waals surface area contributed by atoms with E-state index < -0.39 is 0 Å². The van der Waals surface area contributed by atoms with Crippen LogP contribution in [0.1, 0.15) is 5.69 Å². The highest BCUT2D eigenvalue weighted by molar-refractivity contribution is 5.85. The molecule has 4 rings (SSSR count). The van der Waals surface area contributed by atoms with E-state index in [1.807, 2.05) is 49.1 Å². The van der Waals surface area contributed by atoms with E-state index in [0.29, 0.717) is 0 Å². The molecule has 0 aliphatic carbocycles. The standard InChI is InChI=1S/C17H14N4/c1-11-3-4-12-9-13(5-6-14(12)18-11)17-19-15-7-8-21(2)10-16(15)20-17/h3-10H,1-2H3/p+1. The minimum Gasteiger partial charge on any atom is -0.333 e. The molecule has 1 aromatic carbocycles. The maximum absolute atomic E-state index is 4.66. The van der Waals surface area contributed by atoms with Crippen LogP contribution in [0.15, 0.2) is 48.8 Å². The Hall–Kier alpha value is -2.75. The lowest BCUT2D eigenvalue weighted by Crippen LogP contribution is -2.25. The van der Waals surface area contributed by atoms with E-state index >= 15 is 0 Å². The minimum absolute atomic E-state index is 0.888. The number of rotatable bonds is 1. The Morgan fingerprint density at radius 1 is 1.00 bits per heavy atom. The first-order chi connectivity index (χ1) is 10.2. The van der Waals surface area contributed by atoms with Gasteiger partial charge >= 0.3 is 0 Å². The van der Waals surface area contributed by atoms with Crippen molar-refractivity contribution in [2.75, 3.05) is 0 Å². The number of nitrogens with one attached hydrogen (secondary N) is 1. The van der Waals surface area contributed by atoms with Crippen LogP contribution in [0.3, 0.4) is 0 Å².